The van der Waals surface area contributed by atoms with Crippen molar-refractivity contribution in [2.45, 2.75) is 56.5 Å². The number of thiazole rings is 1. The molecule has 6 atom stereocenters. The molecule has 3 aromatic rings. The zero-order chi connectivity index (χ0) is 28.0. The maximum Gasteiger partial charge on any atom is 0.229 e. The Kier molecular flexibility index (Phi) is 7.39. The molecule has 3 aliphatic heterocycles. The molecule has 40 heavy (non-hydrogen) atoms. The lowest BCUT2D eigenvalue weighted by Gasteiger charge is -2.42. The second kappa shape index (κ2) is 11.0. The van der Waals surface area contributed by atoms with E-state index in [9.17, 15) is 25.7 Å². The van der Waals surface area contributed by atoms with Crippen molar-refractivity contribution in [1.29, 1.82) is 5.26 Å². The summed E-state index contributed by atoms with van der Waals surface area (Å²) >= 11 is 1.43. The molecule has 1 aromatic heterocycles. The normalized spacial score (nSPS) is 28.4. The van der Waals surface area contributed by atoms with E-state index in [0.717, 1.165) is 54.1 Å². The molecule has 0 aliphatic carbocycles. The fraction of sp³-hybridized carbons (Fsp3) is 0.448. The molecule has 0 amide bonds. The van der Waals surface area contributed by atoms with Crippen molar-refractivity contribution < 1.29 is 29.9 Å². The summed E-state index contributed by atoms with van der Waals surface area (Å²) in [6.45, 7) is 4.20. The van der Waals surface area contributed by atoms with Crippen LogP contribution in [-0.2, 0) is 4.74 Å². The Morgan fingerprint density at radius 1 is 1.20 bits per heavy atom. The van der Waals surface area contributed by atoms with E-state index in [1.807, 2.05) is 36.4 Å². The quantitative estimate of drug-likeness (QED) is 0.330. The minimum absolute atomic E-state index is 0.348. The summed E-state index contributed by atoms with van der Waals surface area (Å²) in [5.41, 5.74) is 3.77. The van der Waals surface area contributed by atoms with E-state index >= 15 is 0 Å². The van der Waals surface area contributed by atoms with Gasteiger partial charge in [0.2, 0.25) is 6.29 Å². The van der Waals surface area contributed by atoms with Gasteiger partial charge in [0.1, 0.15) is 41.2 Å². The monoisotopic (exact) mass is 564 g/mol. The molecule has 0 bridgehead atoms. The van der Waals surface area contributed by atoms with Gasteiger partial charge in [-0.15, -0.1) is 11.3 Å². The molecule has 10 nitrogen and oxygen atoms in total. The summed E-state index contributed by atoms with van der Waals surface area (Å²) in [5.74, 6) is 0.348. The van der Waals surface area contributed by atoms with E-state index in [4.69, 9.17) is 9.47 Å². The van der Waals surface area contributed by atoms with Crippen LogP contribution in [-0.4, -0.2) is 88.4 Å². The smallest absolute Gasteiger partial charge is 0.229 e. The number of hydrogen-bond donors (Lipinski definition) is 4. The molecular weight excluding hydrogens is 532 g/mol. The van der Waals surface area contributed by atoms with Crippen LogP contribution in [0.3, 0.4) is 0 Å². The van der Waals surface area contributed by atoms with E-state index in [1.54, 1.807) is 6.08 Å². The highest BCUT2D eigenvalue weighted by molar-refractivity contribution is 7.19. The largest absolute Gasteiger partial charge is 0.461 e. The molecule has 2 saturated heterocycles. The predicted octanol–water partition coefficient (Wildman–Crippen LogP) is 2.35. The zero-order valence-electron chi connectivity index (χ0n) is 22.1. The van der Waals surface area contributed by atoms with Crippen LogP contribution < -0.4 is 14.5 Å². The third-order valence-corrected chi connectivity index (χ3v) is 9.05. The van der Waals surface area contributed by atoms with Crippen LogP contribution in [0.5, 0.6) is 5.75 Å². The highest BCUT2D eigenvalue weighted by Crippen LogP contribution is 2.44. The summed E-state index contributed by atoms with van der Waals surface area (Å²) in [5, 5.41) is 51.7. The number of likely N-dealkylation sites (N-methyl/N-ethyl adjacent to an activating group) is 1. The number of benzene rings is 2. The standard InChI is InChI=1S/C29H32N4O6S/c1-2-32-14-18-6-5-9-33(18)21-12-22(38-29-27(37)26(36)25(35)23(15-34)39-29)16(11-20(21)32)10-17(13-30)28-31-19-7-3-4-8-24(19)40-28/h3-4,7-8,10-12,18,23,25-27,29,34-37H,2,5-6,9,14-15H2,1H3/b17-10+. The van der Waals surface area contributed by atoms with Gasteiger partial charge in [-0.25, -0.2) is 4.98 Å². The van der Waals surface area contributed by atoms with Gasteiger partial charge in [0.05, 0.1) is 33.8 Å². The Morgan fingerprint density at radius 3 is 2.77 bits per heavy atom. The average molecular weight is 565 g/mol. The van der Waals surface area contributed by atoms with Crippen molar-refractivity contribution in [3.8, 4) is 11.8 Å². The highest BCUT2D eigenvalue weighted by Gasteiger charge is 2.45. The number of fused-ring (bicyclic) bond motifs is 4. The lowest BCUT2D eigenvalue weighted by Crippen LogP contribution is -2.60. The first kappa shape index (κ1) is 27.0. The van der Waals surface area contributed by atoms with E-state index in [0.29, 0.717) is 27.9 Å². The number of ether oxygens (including phenoxy) is 2. The Hall–Kier alpha value is -3.24. The number of hydrogen-bond acceptors (Lipinski definition) is 11. The third-order valence-electron chi connectivity index (χ3n) is 7.98. The molecule has 6 unspecified atom stereocenters. The molecular formula is C29H32N4O6S. The van der Waals surface area contributed by atoms with Crippen molar-refractivity contribution in [3.63, 3.8) is 0 Å². The lowest BCUT2D eigenvalue weighted by molar-refractivity contribution is -0.277. The summed E-state index contributed by atoms with van der Waals surface area (Å²) in [6, 6.07) is 14.2. The number of aliphatic hydroxyl groups is 4. The fourth-order valence-electron chi connectivity index (χ4n) is 5.84. The first-order valence-corrected chi connectivity index (χ1v) is 14.4. The van der Waals surface area contributed by atoms with Gasteiger partial charge in [0.15, 0.2) is 0 Å². The highest BCUT2D eigenvalue weighted by atomic mass is 32.1. The van der Waals surface area contributed by atoms with Crippen molar-refractivity contribution in [2.75, 3.05) is 36.0 Å². The van der Waals surface area contributed by atoms with Gasteiger partial charge in [-0.3, -0.25) is 0 Å². The summed E-state index contributed by atoms with van der Waals surface area (Å²) < 4.78 is 12.8. The SMILES string of the molecule is CCN1CC2CCCN2c2cc(OC3OC(CO)C(O)C(O)C3O)c(/C=C(\C#N)c3nc4ccccc4s3)cc21. The Labute approximate surface area is 235 Å². The molecule has 6 rings (SSSR count). The summed E-state index contributed by atoms with van der Waals surface area (Å²) in [7, 11) is 0. The fourth-order valence-corrected chi connectivity index (χ4v) is 6.77. The van der Waals surface area contributed by atoms with Crippen LogP contribution in [0.25, 0.3) is 21.9 Å². The molecule has 210 valence electrons. The van der Waals surface area contributed by atoms with Gasteiger partial charge >= 0.3 is 0 Å². The molecule has 2 aromatic carbocycles. The van der Waals surface area contributed by atoms with Crippen molar-refractivity contribution in [2.24, 2.45) is 0 Å². The predicted molar refractivity (Wildman–Crippen MR) is 152 cm³/mol. The number of anilines is 2. The number of para-hydroxylation sites is 1. The number of allylic oxidation sites excluding steroid dienone is 1. The lowest BCUT2D eigenvalue weighted by atomic mass is 9.99. The van der Waals surface area contributed by atoms with E-state index in [1.165, 1.54) is 11.3 Å². The van der Waals surface area contributed by atoms with Crippen LogP contribution in [0.15, 0.2) is 36.4 Å². The van der Waals surface area contributed by atoms with E-state index in [2.05, 4.69) is 27.8 Å². The summed E-state index contributed by atoms with van der Waals surface area (Å²) in [6.07, 6.45) is -3.17. The maximum atomic E-state index is 10.7. The second-order valence-electron chi connectivity index (χ2n) is 10.4. The number of aromatic nitrogens is 1. The van der Waals surface area contributed by atoms with Gasteiger partial charge < -0.3 is 39.7 Å². The van der Waals surface area contributed by atoms with Crippen molar-refractivity contribution in [1.82, 2.24) is 4.98 Å². The molecule has 0 radical (unpaired) electrons. The molecule has 3 aliphatic rings. The number of aliphatic hydroxyl groups excluding tert-OH is 4. The Morgan fingerprint density at radius 2 is 2.02 bits per heavy atom. The van der Waals surface area contributed by atoms with E-state index < -0.39 is 37.3 Å². The number of rotatable bonds is 6. The Balaban J connectivity index is 1.46. The van der Waals surface area contributed by atoms with Crippen LogP contribution in [0.1, 0.15) is 30.3 Å². The third kappa shape index (κ3) is 4.71. The van der Waals surface area contributed by atoms with Crippen LogP contribution in [0.4, 0.5) is 11.4 Å². The maximum absolute atomic E-state index is 10.7. The molecule has 11 heteroatoms. The summed E-state index contributed by atoms with van der Waals surface area (Å²) in [4.78, 5) is 9.34. The molecule has 4 N–H and O–H groups in total. The van der Waals surface area contributed by atoms with E-state index in [-0.39, 0.29) is 0 Å². The van der Waals surface area contributed by atoms with Gasteiger partial charge in [0.25, 0.3) is 0 Å². The van der Waals surface area contributed by atoms with Crippen LogP contribution >= 0.6 is 11.3 Å². The number of nitrogens with zero attached hydrogens (tertiary/aromatic N) is 4. The van der Waals surface area contributed by atoms with Gasteiger partial charge in [-0.2, -0.15) is 5.26 Å². The Bertz CT molecular complexity index is 1440. The molecule has 0 saturated carbocycles. The average Bonchev–Trinajstić information content (AvgIpc) is 3.63. The van der Waals surface area contributed by atoms with Gasteiger partial charge in [-0.05, 0) is 44.0 Å². The molecule has 0 spiro atoms. The van der Waals surface area contributed by atoms with Gasteiger partial charge in [-0.1, -0.05) is 12.1 Å². The minimum atomic E-state index is -1.57. The first-order chi connectivity index (χ1) is 19.4. The molecule has 4 heterocycles. The topological polar surface area (TPSA) is 143 Å². The number of nitriles is 1. The van der Waals surface area contributed by atoms with Crippen molar-refractivity contribution in [3.05, 3.63) is 47.0 Å². The first-order valence-electron chi connectivity index (χ1n) is 13.6. The molecule has 2 fully saturated rings. The van der Waals surface area contributed by atoms with Crippen LogP contribution in [0, 0.1) is 11.3 Å². The van der Waals surface area contributed by atoms with Crippen LogP contribution in [0.2, 0.25) is 0 Å². The van der Waals surface area contributed by atoms with Crippen molar-refractivity contribution >= 4 is 44.6 Å². The zero-order valence-corrected chi connectivity index (χ0v) is 22.9. The second-order valence-corrected chi connectivity index (χ2v) is 11.4. The minimum Gasteiger partial charge on any atom is -0.461 e. The van der Waals surface area contributed by atoms with Gasteiger partial charge in [0, 0.05) is 37.3 Å².